The van der Waals surface area contributed by atoms with Gasteiger partial charge in [0.2, 0.25) is 0 Å². The second kappa shape index (κ2) is 7.90. The summed E-state index contributed by atoms with van der Waals surface area (Å²) >= 11 is 1.35. The van der Waals surface area contributed by atoms with Crippen LogP contribution in [0.4, 0.5) is 0 Å². The number of fused-ring (bicyclic) bond motifs is 1. The maximum Gasteiger partial charge on any atom is 0.261 e. The van der Waals surface area contributed by atoms with E-state index < -0.39 is 0 Å². The summed E-state index contributed by atoms with van der Waals surface area (Å²) < 4.78 is 7.12. The minimum Gasteiger partial charge on any atom is -0.379 e. The monoisotopic (exact) mass is 398 g/mol. The van der Waals surface area contributed by atoms with Gasteiger partial charge < -0.3 is 4.74 Å². The van der Waals surface area contributed by atoms with Gasteiger partial charge in [-0.25, -0.2) is 9.97 Å². The number of benzene rings is 1. The molecule has 1 aromatic carbocycles. The van der Waals surface area contributed by atoms with Gasteiger partial charge >= 0.3 is 0 Å². The summed E-state index contributed by atoms with van der Waals surface area (Å²) in [6.45, 7) is 7.26. The predicted octanol–water partition coefficient (Wildman–Crippen LogP) is 2.24. The summed E-state index contributed by atoms with van der Waals surface area (Å²) in [6.07, 6.45) is 0. The number of para-hydroxylation sites is 1. The minimum atomic E-state index is -0.0777. The fourth-order valence-corrected chi connectivity index (χ4v) is 4.39. The van der Waals surface area contributed by atoms with Gasteiger partial charge in [0.1, 0.15) is 10.8 Å². The molecule has 0 saturated carbocycles. The summed E-state index contributed by atoms with van der Waals surface area (Å²) in [6, 6.07) is 7.40. The molecule has 1 aliphatic heterocycles. The number of hydrogen-bond acceptors (Lipinski definition) is 7. The number of aromatic nitrogens is 3. The third-order valence-electron chi connectivity index (χ3n) is 4.86. The van der Waals surface area contributed by atoms with E-state index in [1.54, 1.807) is 10.6 Å². The molecule has 7 nitrogen and oxygen atoms in total. The molecule has 0 radical (unpaired) electrons. The molecular weight excluding hydrogens is 376 g/mol. The van der Waals surface area contributed by atoms with Crippen LogP contribution in [0.5, 0.6) is 0 Å². The van der Waals surface area contributed by atoms with E-state index in [0.29, 0.717) is 53.6 Å². The number of aryl methyl sites for hydroxylation is 1. The predicted molar refractivity (Wildman–Crippen MR) is 108 cm³/mol. The number of hydrogen-bond donors (Lipinski definition) is 0. The van der Waals surface area contributed by atoms with Crippen LogP contribution in [0.1, 0.15) is 33.1 Å². The van der Waals surface area contributed by atoms with Gasteiger partial charge in [0.15, 0.2) is 5.78 Å². The van der Waals surface area contributed by atoms with Crippen LogP contribution in [0.2, 0.25) is 0 Å². The third-order valence-corrected chi connectivity index (χ3v) is 6.11. The Balaban J connectivity index is 1.77. The number of carbonyl (C=O) groups is 1. The van der Waals surface area contributed by atoms with Crippen LogP contribution in [0.15, 0.2) is 29.1 Å². The van der Waals surface area contributed by atoms with Crippen molar-refractivity contribution in [3.8, 4) is 0 Å². The first-order chi connectivity index (χ1) is 13.5. The van der Waals surface area contributed by atoms with Crippen molar-refractivity contribution < 1.29 is 9.53 Å². The van der Waals surface area contributed by atoms with Crippen molar-refractivity contribution >= 4 is 28.0 Å². The number of carbonyl (C=O) groups excluding carboxylic acids is 1. The molecule has 146 valence electrons. The highest BCUT2D eigenvalue weighted by Crippen LogP contribution is 2.20. The first-order valence-electron chi connectivity index (χ1n) is 9.28. The van der Waals surface area contributed by atoms with Crippen LogP contribution in [0.25, 0.3) is 10.9 Å². The molecule has 1 fully saturated rings. The average Bonchev–Trinajstić information content (AvgIpc) is 3.06. The van der Waals surface area contributed by atoms with Crippen LogP contribution in [-0.4, -0.2) is 51.5 Å². The van der Waals surface area contributed by atoms with E-state index in [2.05, 4.69) is 9.88 Å². The van der Waals surface area contributed by atoms with Gasteiger partial charge in [-0.2, -0.15) is 0 Å². The lowest BCUT2D eigenvalue weighted by Crippen LogP contribution is -2.38. The van der Waals surface area contributed by atoms with Gasteiger partial charge in [-0.1, -0.05) is 12.1 Å². The highest BCUT2D eigenvalue weighted by Gasteiger charge is 2.19. The van der Waals surface area contributed by atoms with E-state index in [9.17, 15) is 9.59 Å². The Morgan fingerprint density at radius 3 is 2.64 bits per heavy atom. The van der Waals surface area contributed by atoms with Gasteiger partial charge in [-0.15, -0.1) is 11.3 Å². The highest BCUT2D eigenvalue weighted by atomic mass is 32.1. The summed E-state index contributed by atoms with van der Waals surface area (Å²) in [5, 5.41) is 1.33. The number of ether oxygens (including phenoxy) is 1. The summed E-state index contributed by atoms with van der Waals surface area (Å²) in [7, 11) is 0. The number of nitrogens with zero attached hydrogens (tertiary/aromatic N) is 4. The number of rotatable bonds is 5. The number of ketones is 1. The molecule has 0 amide bonds. The van der Waals surface area contributed by atoms with E-state index in [-0.39, 0.29) is 11.3 Å². The lowest BCUT2D eigenvalue weighted by atomic mass is 10.2. The fraction of sp³-hybridized carbons (Fsp3) is 0.400. The Bertz CT molecular complexity index is 1080. The first-order valence-corrected chi connectivity index (χ1v) is 10.1. The Morgan fingerprint density at radius 1 is 1.18 bits per heavy atom. The van der Waals surface area contributed by atoms with Crippen LogP contribution < -0.4 is 5.56 Å². The number of thiazole rings is 1. The second-order valence-electron chi connectivity index (χ2n) is 6.90. The van der Waals surface area contributed by atoms with E-state index in [0.717, 1.165) is 18.1 Å². The summed E-state index contributed by atoms with van der Waals surface area (Å²) in [4.78, 5) is 37.2. The van der Waals surface area contributed by atoms with Crippen molar-refractivity contribution in [2.45, 2.75) is 26.9 Å². The van der Waals surface area contributed by atoms with Gasteiger partial charge in [-0.3, -0.25) is 19.1 Å². The first kappa shape index (κ1) is 18.9. The molecule has 0 N–H and O–H groups in total. The van der Waals surface area contributed by atoms with Gasteiger partial charge in [-0.05, 0) is 19.1 Å². The largest absolute Gasteiger partial charge is 0.379 e. The van der Waals surface area contributed by atoms with Gasteiger partial charge in [0, 0.05) is 20.0 Å². The molecule has 0 unspecified atom stereocenters. The van der Waals surface area contributed by atoms with Gasteiger partial charge in [0.05, 0.1) is 47.8 Å². The zero-order chi connectivity index (χ0) is 19.7. The number of Topliss-reactive ketones (excluding diaryl/α,β-unsaturated/α-hetero) is 1. The minimum absolute atomic E-state index is 0.00114. The molecule has 0 bridgehead atoms. The normalized spacial score (nSPS) is 15.2. The summed E-state index contributed by atoms with van der Waals surface area (Å²) in [5.74, 6) is 0.710. The lowest BCUT2D eigenvalue weighted by Gasteiger charge is -2.27. The Hall–Kier alpha value is -2.42. The molecule has 1 aliphatic rings. The highest BCUT2D eigenvalue weighted by molar-refractivity contribution is 7.13. The quantitative estimate of drug-likeness (QED) is 0.614. The van der Waals surface area contributed by atoms with E-state index in [1.165, 1.54) is 18.3 Å². The third kappa shape index (κ3) is 3.76. The molecule has 0 atom stereocenters. The maximum atomic E-state index is 13.2. The van der Waals surface area contributed by atoms with Crippen LogP contribution in [-0.2, 0) is 17.8 Å². The second-order valence-corrected chi connectivity index (χ2v) is 7.99. The van der Waals surface area contributed by atoms with Crippen LogP contribution in [0, 0.1) is 6.92 Å². The Labute approximate surface area is 166 Å². The topological polar surface area (TPSA) is 77.3 Å². The lowest BCUT2D eigenvalue weighted by molar-refractivity contribution is 0.0325. The molecule has 28 heavy (non-hydrogen) atoms. The van der Waals surface area contributed by atoms with Crippen molar-refractivity contribution in [3.63, 3.8) is 0 Å². The maximum absolute atomic E-state index is 13.2. The molecule has 4 rings (SSSR count). The average molecular weight is 398 g/mol. The SMILES string of the molecule is CC(=O)c1sc(Cn2c(CN3CCOCC3)nc3ccccc3c2=O)nc1C. The fourth-order valence-electron chi connectivity index (χ4n) is 3.44. The van der Waals surface area contributed by atoms with Gasteiger partial charge in [0.25, 0.3) is 5.56 Å². The van der Waals surface area contributed by atoms with Crippen LogP contribution in [0.3, 0.4) is 0 Å². The van der Waals surface area contributed by atoms with E-state index in [4.69, 9.17) is 9.72 Å². The van der Waals surface area contributed by atoms with Crippen molar-refractivity contribution in [2.24, 2.45) is 0 Å². The molecular formula is C20H22N4O3S. The zero-order valence-corrected chi connectivity index (χ0v) is 16.8. The molecule has 1 saturated heterocycles. The standard InChI is InChI=1S/C20H22N4O3S/c1-13-19(14(2)25)28-18(21-13)12-24-17(11-23-7-9-27-10-8-23)22-16-6-4-3-5-15(16)20(24)26/h3-6H,7-12H2,1-2H3. The summed E-state index contributed by atoms with van der Waals surface area (Å²) in [5.41, 5.74) is 1.34. The molecule has 0 spiro atoms. The Kier molecular flexibility index (Phi) is 5.34. The zero-order valence-electron chi connectivity index (χ0n) is 16.0. The molecule has 0 aliphatic carbocycles. The van der Waals surface area contributed by atoms with Crippen molar-refractivity contribution in [1.29, 1.82) is 0 Å². The van der Waals surface area contributed by atoms with E-state index in [1.807, 2.05) is 25.1 Å². The smallest absolute Gasteiger partial charge is 0.261 e. The molecule has 8 heteroatoms. The molecule has 3 aromatic rings. The number of morpholine rings is 1. The van der Waals surface area contributed by atoms with Crippen LogP contribution >= 0.6 is 11.3 Å². The van der Waals surface area contributed by atoms with Crippen molar-refractivity contribution in [3.05, 3.63) is 56.0 Å². The molecule has 2 aromatic heterocycles. The van der Waals surface area contributed by atoms with Crippen molar-refractivity contribution in [1.82, 2.24) is 19.4 Å². The molecule has 3 heterocycles. The van der Waals surface area contributed by atoms with Crippen molar-refractivity contribution in [2.75, 3.05) is 26.3 Å². The van der Waals surface area contributed by atoms with E-state index >= 15 is 0 Å². The Morgan fingerprint density at radius 2 is 1.93 bits per heavy atom.